The number of nitrogens with one attached hydrogen (secondary N) is 1. The Hall–Kier alpha value is -3.80. The van der Waals surface area contributed by atoms with Gasteiger partial charge in [0.1, 0.15) is 6.04 Å². The summed E-state index contributed by atoms with van der Waals surface area (Å²) < 4.78 is 11.2. The third-order valence-corrected chi connectivity index (χ3v) is 5.89. The minimum atomic E-state index is -0.694. The number of carbonyl (C=O) groups excluding carboxylic acids is 2. The molecule has 6 heteroatoms. The lowest BCUT2D eigenvalue weighted by Crippen LogP contribution is -2.53. The SMILES string of the molecule is CC[C@H](C)NC(=O)[C@@H](Cc1ccccc1)N(Cc1ccccc1)C(=O)COc1ccccc1OC. The summed E-state index contributed by atoms with van der Waals surface area (Å²) >= 11 is 0. The summed E-state index contributed by atoms with van der Waals surface area (Å²) in [6.07, 6.45) is 1.20. The second-order valence-electron chi connectivity index (χ2n) is 8.47. The van der Waals surface area contributed by atoms with Crippen LogP contribution in [-0.2, 0) is 22.6 Å². The summed E-state index contributed by atoms with van der Waals surface area (Å²) in [6, 6.07) is 25.9. The molecule has 3 aromatic carbocycles. The molecular weight excluding hydrogens is 440 g/mol. The highest BCUT2D eigenvalue weighted by Gasteiger charge is 2.31. The Labute approximate surface area is 207 Å². The molecule has 2 atom stereocenters. The molecule has 0 aliphatic rings. The number of hydrogen-bond acceptors (Lipinski definition) is 4. The fraction of sp³-hybridized carbons (Fsp3) is 0.310. The minimum absolute atomic E-state index is 0.000666. The van der Waals surface area contributed by atoms with Crippen molar-refractivity contribution < 1.29 is 19.1 Å². The molecule has 0 saturated carbocycles. The van der Waals surface area contributed by atoms with Crippen LogP contribution in [0.4, 0.5) is 0 Å². The van der Waals surface area contributed by atoms with Crippen molar-refractivity contribution in [3.63, 3.8) is 0 Å². The molecule has 0 aromatic heterocycles. The number of hydrogen-bond donors (Lipinski definition) is 1. The van der Waals surface area contributed by atoms with Crippen LogP contribution in [0.5, 0.6) is 11.5 Å². The van der Waals surface area contributed by atoms with E-state index in [1.807, 2.05) is 86.6 Å². The van der Waals surface area contributed by atoms with Crippen LogP contribution in [0.15, 0.2) is 84.9 Å². The Balaban J connectivity index is 1.90. The molecule has 6 nitrogen and oxygen atoms in total. The van der Waals surface area contributed by atoms with Gasteiger partial charge in [0.05, 0.1) is 7.11 Å². The number of amides is 2. The molecule has 2 amide bonds. The smallest absolute Gasteiger partial charge is 0.261 e. The standard InChI is InChI=1S/C29H34N2O4/c1-4-22(2)30-29(33)25(19-23-13-7-5-8-14-23)31(20-24-15-9-6-10-16-24)28(32)21-35-27-18-12-11-17-26(27)34-3/h5-18,22,25H,4,19-21H2,1-3H3,(H,30,33)/t22-,25+/m0/s1. The molecule has 0 spiro atoms. The lowest BCUT2D eigenvalue weighted by molar-refractivity contribution is -0.143. The average Bonchev–Trinajstić information content (AvgIpc) is 2.90. The van der Waals surface area contributed by atoms with E-state index >= 15 is 0 Å². The van der Waals surface area contributed by atoms with Gasteiger partial charge in [0, 0.05) is 19.0 Å². The molecule has 0 aliphatic carbocycles. The Morgan fingerprint density at radius 1 is 0.857 bits per heavy atom. The number of benzene rings is 3. The molecule has 0 heterocycles. The number of carbonyl (C=O) groups is 2. The molecule has 0 radical (unpaired) electrons. The first-order valence-corrected chi connectivity index (χ1v) is 11.9. The quantitative estimate of drug-likeness (QED) is 0.416. The molecule has 35 heavy (non-hydrogen) atoms. The summed E-state index contributed by atoms with van der Waals surface area (Å²) in [4.78, 5) is 28.7. The van der Waals surface area contributed by atoms with Crippen LogP contribution in [0.25, 0.3) is 0 Å². The topological polar surface area (TPSA) is 67.9 Å². The summed E-state index contributed by atoms with van der Waals surface area (Å²) in [5, 5.41) is 3.07. The molecule has 1 N–H and O–H groups in total. The Bertz CT molecular complexity index is 1070. The van der Waals surface area contributed by atoms with Crippen molar-refractivity contribution in [3.8, 4) is 11.5 Å². The van der Waals surface area contributed by atoms with E-state index in [0.717, 1.165) is 17.5 Å². The van der Waals surface area contributed by atoms with Crippen molar-refractivity contribution in [3.05, 3.63) is 96.1 Å². The highest BCUT2D eigenvalue weighted by atomic mass is 16.5. The van der Waals surface area contributed by atoms with E-state index in [2.05, 4.69) is 5.32 Å². The number of para-hydroxylation sites is 2. The number of rotatable bonds is 12. The van der Waals surface area contributed by atoms with Gasteiger partial charge in [-0.05, 0) is 36.6 Å². The first-order valence-electron chi connectivity index (χ1n) is 11.9. The van der Waals surface area contributed by atoms with E-state index in [4.69, 9.17) is 9.47 Å². The average molecular weight is 475 g/mol. The zero-order valence-electron chi connectivity index (χ0n) is 20.6. The van der Waals surface area contributed by atoms with Crippen LogP contribution >= 0.6 is 0 Å². The zero-order valence-corrected chi connectivity index (χ0v) is 20.6. The van der Waals surface area contributed by atoms with Crippen LogP contribution < -0.4 is 14.8 Å². The van der Waals surface area contributed by atoms with Crippen LogP contribution in [0.2, 0.25) is 0 Å². The zero-order chi connectivity index (χ0) is 25.0. The first kappa shape index (κ1) is 25.8. The van der Waals surface area contributed by atoms with Crippen molar-refractivity contribution in [2.24, 2.45) is 0 Å². The molecule has 0 aliphatic heterocycles. The van der Waals surface area contributed by atoms with Gasteiger partial charge in [-0.2, -0.15) is 0 Å². The van der Waals surface area contributed by atoms with Gasteiger partial charge in [0.2, 0.25) is 5.91 Å². The molecule has 0 fully saturated rings. The third-order valence-electron chi connectivity index (χ3n) is 5.89. The van der Waals surface area contributed by atoms with E-state index in [9.17, 15) is 9.59 Å². The predicted octanol–water partition coefficient (Wildman–Crippen LogP) is 4.63. The van der Waals surface area contributed by atoms with Crippen molar-refractivity contribution in [1.82, 2.24) is 10.2 Å². The predicted molar refractivity (Wildman–Crippen MR) is 137 cm³/mol. The van der Waals surface area contributed by atoms with Gasteiger partial charge in [0.15, 0.2) is 18.1 Å². The fourth-order valence-corrected chi connectivity index (χ4v) is 3.74. The molecule has 0 saturated heterocycles. The van der Waals surface area contributed by atoms with Crippen molar-refractivity contribution in [2.75, 3.05) is 13.7 Å². The fourth-order valence-electron chi connectivity index (χ4n) is 3.74. The molecule has 3 rings (SSSR count). The minimum Gasteiger partial charge on any atom is -0.493 e. The van der Waals surface area contributed by atoms with Crippen molar-refractivity contribution in [1.29, 1.82) is 0 Å². The normalized spacial score (nSPS) is 12.3. The monoisotopic (exact) mass is 474 g/mol. The Morgan fingerprint density at radius 3 is 2.03 bits per heavy atom. The van der Waals surface area contributed by atoms with Crippen LogP contribution in [0, 0.1) is 0 Å². The highest BCUT2D eigenvalue weighted by Crippen LogP contribution is 2.26. The maximum atomic E-state index is 13.6. The Kier molecular flexibility index (Phi) is 9.72. The lowest BCUT2D eigenvalue weighted by atomic mass is 10.0. The van der Waals surface area contributed by atoms with E-state index in [-0.39, 0.29) is 24.5 Å². The van der Waals surface area contributed by atoms with Gasteiger partial charge >= 0.3 is 0 Å². The van der Waals surface area contributed by atoms with Gasteiger partial charge in [-0.15, -0.1) is 0 Å². The maximum absolute atomic E-state index is 13.6. The van der Waals surface area contributed by atoms with Crippen molar-refractivity contribution in [2.45, 2.75) is 45.3 Å². The van der Waals surface area contributed by atoms with Gasteiger partial charge in [-0.1, -0.05) is 79.7 Å². The third kappa shape index (κ3) is 7.60. The first-order chi connectivity index (χ1) is 17.0. The molecule has 184 valence electrons. The maximum Gasteiger partial charge on any atom is 0.261 e. The Morgan fingerprint density at radius 2 is 1.43 bits per heavy atom. The number of methoxy groups -OCH3 is 1. The van der Waals surface area contributed by atoms with Crippen LogP contribution in [0.1, 0.15) is 31.4 Å². The summed E-state index contributed by atoms with van der Waals surface area (Å²) in [5.41, 5.74) is 1.92. The summed E-state index contributed by atoms with van der Waals surface area (Å²) in [6.45, 7) is 4.06. The summed E-state index contributed by atoms with van der Waals surface area (Å²) in [5.74, 6) is 0.571. The second-order valence-corrected chi connectivity index (χ2v) is 8.47. The highest BCUT2D eigenvalue weighted by molar-refractivity contribution is 5.88. The molecule has 0 unspecified atom stereocenters. The van der Waals surface area contributed by atoms with E-state index in [0.29, 0.717) is 24.5 Å². The van der Waals surface area contributed by atoms with Crippen LogP contribution in [-0.4, -0.2) is 42.5 Å². The number of ether oxygens (including phenoxy) is 2. The molecule has 3 aromatic rings. The number of nitrogens with zero attached hydrogens (tertiary/aromatic N) is 1. The van der Waals surface area contributed by atoms with E-state index < -0.39 is 6.04 Å². The van der Waals surface area contributed by atoms with Crippen molar-refractivity contribution >= 4 is 11.8 Å². The van der Waals surface area contributed by atoms with E-state index in [1.165, 1.54) is 0 Å². The largest absolute Gasteiger partial charge is 0.493 e. The van der Waals surface area contributed by atoms with Gasteiger partial charge in [-0.25, -0.2) is 0 Å². The molecular formula is C29H34N2O4. The van der Waals surface area contributed by atoms with E-state index in [1.54, 1.807) is 24.1 Å². The van der Waals surface area contributed by atoms with Gasteiger partial charge in [-0.3, -0.25) is 9.59 Å². The van der Waals surface area contributed by atoms with Gasteiger partial charge < -0.3 is 19.7 Å². The summed E-state index contributed by atoms with van der Waals surface area (Å²) in [7, 11) is 1.56. The second kappa shape index (κ2) is 13.2. The van der Waals surface area contributed by atoms with Gasteiger partial charge in [0.25, 0.3) is 5.91 Å². The lowest BCUT2D eigenvalue weighted by Gasteiger charge is -2.32. The molecule has 0 bridgehead atoms. The van der Waals surface area contributed by atoms with Crippen LogP contribution in [0.3, 0.4) is 0 Å².